The van der Waals surface area contributed by atoms with E-state index in [4.69, 9.17) is 0 Å². The zero-order valence-corrected chi connectivity index (χ0v) is 15.4. The zero-order chi connectivity index (χ0) is 18.6. The lowest BCUT2D eigenvalue weighted by atomic mass is 9.96. The van der Waals surface area contributed by atoms with E-state index in [-0.39, 0.29) is 4.90 Å². The Kier molecular flexibility index (Phi) is 6.30. The molecule has 0 spiro atoms. The van der Waals surface area contributed by atoms with Crippen LogP contribution in [0.25, 0.3) is 0 Å². The van der Waals surface area contributed by atoms with Crippen LogP contribution in [0.4, 0.5) is 8.78 Å². The topological polar surface area (TPSA) is 46.2 Å². The van der Waals surface area contributed by atoms with E-state index in [2.05, 4.69) is 18.6 Å². The number of nitrogens with one attached hydrogen (secondary N) is 1. The van der Waals surface area contributed by atoms with Crippen molar-refractivity contribution in [2.24, 2.45) is 0 Å². The minimum absolute atomic E-state index is 0.291. The van der Waals surface area contributed by atoms with Crippen molar-refractivity contribution in [3.05, 3.63) is 65.2 Å². The maximum atomic E-state index is 13.3. The predicted molar refractivity (Wildman–Crippen MR) is 94.9 cm³/mol. The molecule has 0 aliphatic carbocycles. The van der Waals surface area contributed by atoms with Gasteiger partial charge in [-0.25, -0.2) is 21.9 Å². The van der Waals surface area contributed by atoms with Gasteiger partial charge in [-0.15, -0.1) is 0 Å². The van der Waals surface area contributed by atoms with Crippen molar-refractivity contribution in [2.45, 2.75) is 50.5 Å². The van der Waals surface area contributed by atoms with Crippen LogP contribution >= 0.6 is 0 Å². The van der Waals surface area contributed by atoms with Gasteiger partial charge >= 0.3 is 0 Å². The summed E-state index contributed by atoms with van der Waals surface area (Å²) in [6.45, 7) is 6.11. The van der Waals surface area contributed by atoms with Crippen LogP contribution in [-0.2, 0) is 10.0 Å². The lowest BCUT2D eigenvalue weighted by molar-refractivity contribution is 0.503. The molecule has 2 unspecified atom stereocenters. The van der Waals surface area contributed by atoms with Crippen LogP contribution < -0.4 is 4.72 Å². The molecule has 0 aliphatic heterocycles. The van der Waals surface area contributed by atoms with Crippen molar-refractivity contribution in [2.75, 3.05) is 0 Å². The number of rotatable bonds is 7. The number of hydrogen-bond donors (Lipinski definition) is 1. The molecular formula is C19H23F2NO2S. The minimum Gasteiger partial charge on any atom is -0.207 e. The average Bonchev–Trinajstić information content (AvgIpc) is 2.61. The van der Waals surface area contributed by atoms with E-state index in [1.165, 1.54) is 5.56 Å². The largest absolute Gasteiger partial charge is 0.241 e. The minimum atomic E-state index is -3.95. The monoisotopic (exact) mass is 367 g/mol. The van der Waals surface area contributed by atoms with E-state index in [0.29, 0.717) is 18.4 Å². The second kappa shape index (κ2) is 8.06. The molecule has 3 nitrogen and oxygen atoms in total. The number of halogens is 2. The van der Waals surface area contributed by atoms with Crippen LogP contribution in [0.15, 0.2) is 47.4 Å². The van der Waals surface area contributed by atoms with E-state index in [1.54, 1.807) is 0 Å². The highest BCUT2D eigenvalue weighted by Crippen LogP contribution is 2.24. The first-order valence-corrected chi connectivity index (χ1v) is 9.84. The summed E-state index contributed by atoms with van der Waals surface area (Å²) in [7, 11) is -3.95. The molecule has 25 heavy (non-hydrogen) atoms. The SMILES string of the molecule is CCC(C)c1ccc(C(CC)NS(=O)(=O)c2ccc(F)c(F)c2)cc1. The van der Waals surface area contributed by atoms with Gasteiger partial charge in [0.1, 0.15) is 0 Å². The van der Waals surface area contributed by atoms with Crippen LogP contribution in [0.1, 0.15) is 56.7 Å². The Balaban J connectivity index is 2.24. The van der Waals surface area contributed by atoms with Crippen LogP contribution in [0.5, 0.6) is 0 Å². The Morgan fingerprint density at radius 3 is 2.04 bits per heavy atom. The molecule has 0 aliphatic rings. The number of benzene rings is 2. The van der Waals surface area contributed by atoms with E-state index in [9.17, 15) is 17.2 Å². The lowest BCUT2D eigenvalue weighted by Gasteiger charge is -2.19. The molecule has 6 heteroatoms. The fourth-order valence-corrected chi connectivity index (χ4v) is 3.90. The molecule has 1 N–H and O–H groups in total. The van der Waals surface area contributed by atoms with Gasteiger partial charge in [0.25, 0.3) is 0 Å². The van der Waals surface area contributed by atoms with E-state index >= 15 is 0 Å². The smallest absolute Gasteiger partial charge is 0.207 e. The van der Waals surface area contributed by atoms with Gasteiger partial charge in [0.2, 0.25) is 10.0 Å². The Labute approximate surface area is 148 Å². The maximum Gasteiger partial charge on any atom is 0.241 e. The van der Waals surface area contributed by atoms with E-state index < -0.39 is 27.7 Å². The Bertz CT molecular complexity index is 820. The molecule has 0 bridgehead atoms. The second-order valence-electron chi connectivity index (χ2n) is 6.13. The predicted octanol–water partition coefficient (Wildman–Crippen LogP) is 4.91. The summed E-state index contributed by atoms with van der Waals surface area (Å²) in [5.74, 6) is -1.83. The molecule has 0 saturated carbocycles. The molecule has 0 saturated heterocycles. The summed E-state index contributed by atoms with van der Waals surface area (Å²) in [6, 6.07) is 9.93. The summed E-state index contributed by atoms with van der Waals surface area (Å²) in [5, 5.41) is 0. The summed E-state index contributed by atoms with van der Waals surface area (Å²) < 4.78 is 53.8. The molecule has 2 atom stereocenters. The zero-order valence-electron chi connectivity index (χ0n) is 14.6. The van der Waals surface area contributed by atoms with Crippen molar-refractivity contribution < 1.29 is 17.2 Å². The average molecular weight is 367 g/mol. The summed E-state index contributed by atoms with van der Waals surface area (Å²) in [5.41, 5.74) is 2.03. The Morgan fingerprint density at radius 1 is 0.920 bits per heavy atom. The van der Waals surface area contributed by atoms with Crippen molar-refractivity contribution in [1.82, 2.24) is 4.72 Å². The Morgan fingerprint density at radius 2 is 1.52 bits per heavy atom. The van der Waals surface area contributed by atoms with E-state index in [1.807, 2.05) is 31.2 Å². The third kappa shape index (κ3) is 4.64. The first-order chi connectivity index (χ1) is 11.8. The first-order valence-electron chi connectivity index (χ1n) is 8.35. The normalized spacial score (nSPS) is 14.3. The molecule has 0 aromatic heterocycles. The molecule has 0 amide bonds. The van der Waals surface area contributed by atoms with E-state index in [0.717, 1.165) is 24.1 Å². The molecule has 0 fully saturated rings. The number of hydrogen-bond acceptors (Lipinski definition) is 2. The van der Waals surface area contributed by atoms with Crippen molar-refractivity contribution in [3.63, 3.8) is 0 Å². The van der Waals surface area contributed by atoms with Crippen molar-refractivity contribution >= 4 is 10.0 Å². The van der Waals surface area contributed by atoms with Crippen LogP contribution in [0, 0.1) is 11.6 Å². The van der Waals surface area contributed by atoms with Gasteiger partial charge in [0.15, 0.2) is 11.6 Å². The third-order valence-electron chi connectivity index (χ3n) is 4.43. The molecule has 0 radical (unpaired) electrons. The highest BCUT2D eigenvalue weighted by molar-refractivity contribution is 7.89. The standard InChI is InChI=1S/C19H23F2NO2S/c1-4-13(3)14-6-8-15(9-7-14)19(5-2)22-25(23,24)16-10-11-17(20)18(21)12-16/h6-13,19,22H,4-5H2,1-3H3. The van der Waals surface area contributed by atoms with Gasteiger partial charge < -0.3 is 0 Å². The molecule has 2 aromatic rings. The van der Waals surface area contributed by atoms with Gasteiger partial charge in [-0.05, 0) is 48.1 Å². The molecule has 2 rings (SSSR count). The number of sulfonamides is 1. The quantitative estimate of drug-likeness (QED) is 0.756. The van der Waals surface area contributed by atoms with Gasteiger partial charge in [-0.1, -0.05) is 45.0 Å². The van der Waals surface area contributed by atoms with Gasteiger partial charge in [-0.2, -0.15) is 0 Å². The first kappa shape index (κ1) is 19.5. The fourth-order valence-electron chi connectivity index (χ4n) is 2.58. The van der Waals surface area contributed by atoms with Gasteiger partial charge in [0.05, 0.1) is 4.90 Å². The molecule has 136 valence electrons. The van der Waals surface area contributed by atoms with Gasteiger partial charge in [0, 0.05) is 6.04 Å². The van der Waals surface area contributed by atoms with Crippen molar-refractivity contribution in [3.8, 4) is 0 Å². The van der Waals surface area contributed by atoms with Crippen LogP contribution in [0.3, 0.4) is 0 Å². The van der Waals surface area contributed by atoms with Gasteiger partial charge in [-0.3, -0.25) is 0 Å². The third-order valence-corrected chi connectivity index (χ3v) is 5.90. The van der Waals surface area contributed by atoms with Crippen LogP contribution in [-0.4, -0.2) is 8.42 Å². The Hall–Kier alpha value is -1.79. The van der Waals surface area contributed by atoms with Crippen LogP contribution in [0.2, 0.25) is 0 Å². The molecule has 2 aromatic carbocycles. The van der Waals surface area contributed by atoms with Crippen molar-refractivity contribution in [1.29, 1.82) is 0 Å². The lowest BCUT2D eigenvalue weighted by Crippen LogP contribution is -2.28. The highest BCUT2D eigenvalue weighted by Gasteiger charge is 2.21. The molecular weight excluding hydrogens is 344 g/mol. The summed E-state index contributed by atoms with van der Waals surface area (Å²) in [4.78, 5) is -0.291. The summed E-state index contributed by atoms with van der Waals surface area (Å²) in [6.07, 6.45) is 1.56. The molecule has 0 heterocycles. The fraction of sp³-hybridized carbons (Fsp3) is 0.368. The second-order valence-corrected chi connectivity index (χ2v) is 7.85. The summed E-state index contributed by atoms with van der Waals surface area (Å²) >= 11 is 0. The maximum absolute atomic E-state index is 13.3. The highest BCUT2D eigenvalue weighted by atomic mass is 32.2.